The van der Waals surface area contributed by atoms with Crippen molar-refractivity contribution in [3.8, 4) is 0 Å². The zero-order valence-electron chi connectivity index (χ0n) is 11.1. The Balaban J connectivity index is 2.40. The van der Waals surface area contributed by atoms with Crippen LogP contribution in [-0.4, -0.2) is 41.6 Å². The summed E-state index contributed by atoms with van der Waals surface area (Å²) in [7, 11) is 0. The summed E-state index contributed by atoms with van der Waals surface area (Å²) in [6.45, 7) is 8.64. The van der Waals surface area contributed by atoms with Crippen molar-refractivity contribution in [2.75, 3.05) is 13.1 Å². The molecule has 1 aliphatic heterocycles. The summed E-state index contributed by atoms with van der Waals surface area (Å²) in [6.07, 6.45) is 1.55. The van der Waals surface area contributed by atoms with Gasteiger partial charge in [-0.05, 0) is 40.5 Å². The highest BCUT2D eigenvalue weighted by Gasteiger charge is 2.26. The molecule has 1 fully saturated rings. The van der Waals surface area contributed by atoms with Crippen LogP contribution in [0.15, 0.2) is 0 Å². The van der Waals surface area contributed by atoms with E-state index in [9.17, 15) is 9.59 Å². The first-order valence-electron chi connectivity index (χ1n) is 6.08. The molecule has 0 saturated carbocycles. The van der Waals surface area contributed by atoms with Crippen molar-refractivity contribution in [3.63, 3.8) is 0 Å². The average molecular weight is 242 g/mol. The number of rotatable bonds is 2. The topological polar surface area (TPSA) is 58.6 Å². The molecular formula is C12H22N2O3. The van der Waals surface area contributed by atoms with Crippen LogP contribution in [0.25, 0.3) is 0 Å². The van der Waals surface area contributed by atoms with Crippen LogP contribution in [0.1, 0.15) is 40.5 Å². The summed E-state index contributed by atoms with van der Waals surface area (Å²) in [5.74, 6) is -0.0339. The summed E-state index contributed by atoms with van der Waals surface area (Å²) in [6, 6.07) is -0.525. The molecule has 1 atom stereocenters. The van der Waals surface area contributed by atoms with Gasteiger partial charge in [-0.2, -0.15) is 0 Å². The second-order valence-electron chi connectivity index (χ2n) is 5.40. The average Bonchev–Trinajstić information content (AvgIpc) is 2.65. The van der Waals surface area contributed by atoms with Gasteiger partial charge in [-0.25, -0.2) is 4.79 Å². The predicted molar refractivity (Wildman–Crippen MR) is 64.6 cm³/mol. The molecule has 0 aliphatic carbocycles. The van der Waals surface area contributed by atoms with E-state index >= 15 is 0 Å². The molecule has 1 heterocycles. The van der Waals surface area contributed by atoms with Gasteiger partial charge in [0.2, 0.25) is 5.91 Å². The van der Waals surface area contributed by atoms with E-state index in [2.05, 4.69) is 5.32 Å². The minimum absolute atomic E-state index is 0.0339. The van der Waals surface area contributed by atoms with Crippen LogP contribution < -0.4 is 5.32 Å². The second kappa shape index (κ2) is 5.38. The number of alkyl carbamates (subject to hydrolysis) is 1. The molecule has 0 aromatic carbocycles. The van der Waals surface area contributed by atoms with Gasteiger partial charge in [-0.1, -0.05) is 0 Å². The van der Waals surface area contributed by atoms with Crippen molar-refractivity contribution in [2.24, 2.45) is 0 Å². The van der Waals surface area contributed by atoms with E-state index in [4.69, 9.17) is 4.74 Å². The Kier molecular flexibility index (Phi) is 4.37. The van der Waals surface area contributed by atoms with Crippen LogP contribution in [-0.2, 0) is 9.53 Å². The van der Waals surface area contributed by atoms with E-state index in [-0.39, 0.29) is 5.91 Å². The molecular weight excluding hydrogens is 220 g/mol. The lowest BCUT2D eigenvalue weighted by atomic mass is 10.2. The Hall–Kier alpha value is -1.26. The maximum Gasteiger partial charge on any atom is 0.408 e. The predicted octanol–water partition coefficient (Wildman–Crippen LogP) is 1.52. The molecule has 0 radical (unpaired) electrons. The van der Waals surface area contributed by atoms with Gasteiger partial charge < -0.3 is 15.0 Å². The third-order valence-corrected chi connectivity index (χ3v) is 2.52. The molecule has 1 aliphatic rings. The standard InChI is InChI=1S/C12H22N2O3/c1-9(10(15)14-7-5-6-8-14)13-11(16)17-12(2,3)4/h9H,5-8H2,1-4H3,(H,13,16)/t9-/m1/s1. The maximum absolute atomic E-state index is 11.9. The van der Waals surface area contributed by atoms with Crippen LogP contribution in [0, 0.1) is 0 Å². The minimum Gasteiger partial charge on any atom is -0.444 e. The molecule has 5 heteroatoms. The van der Waals surface area contributed by atoms with Crippen molar-refractivity contribution in [2.45, 2.75) is 52.2 Å². The molecule has 2 amide bonds. The van der Waals surface area contributed by atoms with E-state index in [0.717, 1.165) is 25.9 Å². The molecule has 1 saturated heterocycles. The van der Waals surface area contributed by atoms with Gasteiger partial charge in [-0.15, -0.1) is 0 Å². The van der Waals surface area contributed by atoms with Gasteiger partial charge in [0.1, 0.15) is 11.6 Å². The van der Waals surface area contributed by atoms with Gasteiger partial charge in [0, 0.05) is 13.1 Å². The fourth-order valence-electron chi connectivity index (χ4n) is 1.76. The number of carbonyl (C=O) groups excluding carboxylic acids is 2. The normalized spacial score (nSPS) is 17.8. The Morgan fingerprint density at radius 1 is 1.24 bits per heavy atom. The Bertz CT molecular complexity index is 291. The molecule has 1 rings (SSSR count). The van der Waals surface area contributed by atoms with Gasteiger partial charge in [0.05, 0.1) is 0 Å². The lowest BCUT2D eigenvalue weighted by Crippen LogP contribution is -2.47. The lowest BCUT2D eigenvalue weighted by molar-refractivity contribution is -0.131. The van der Waals surface area contributed by atoms with E-state index < -0.39 is 17.7 Å². The molecule has 0 unspecified atom stereocenters. The Morgan fingerprint density at radius 2 is 1.76 bits per heavy atom. The minimum atomic E-state index is -0.544. The maximum atomic E-state index is 11.9. The van der Waals surface area contributed by atoms with E-state index in [1.807, 2.05) is 0 Å². The van der Waals surface area contributed by atoms with Gasteiger partial charge in [0.25, 0.3) is 0 Å². The van der Waals surface area contributed by atoms with Crippen molar-refractivity contribution < 1.29 is 14.3 Å². The smallest absolute Gasteiger partial charge is 0.408 e. The van der Waals surface area contributed by atoms with Gasteiger partial charge in [0.15, 0.2) is 0 Å². The summed E-state index contributed by atoms with van der Waals surface area (Å²) in [4.78, 5) is 25.2. The number of hydrogen-bond acceptors (Lipinski definition) is 3. The summed E-state index contributed by atoms with van der Waals surface area (Å²) in [5, 5.41) is 2.56. The molecule has 0 aromatic rings. The first-order valence-corrected chi connectivity index (χ1v) is 6.08. The van der Waals surface area contributed by atoms with Gasteiger partial charge >= 0.3 is 6.09 Å². The zero-order valence-corrected chi connectivity index (χ0v) is 11.1. The number of nitrogens with one attached hydrogen (secondary N) is 1. The van der Waals surface area contributed by atoms with Crippen LogP contribution >= 0.6 is 0 Å². The fraction of sp³-hybridized carbons (Fsp3) is 0.833. The number of likely N-dealkylation sites (tertiary alicyclic amines) is 1. The monoisotopic (exact) mass is 242 g/mol. The van der Waals surface area contributed by atoms with E-state index in [1.165, 1.54) is 0 Å². The van der Waals surface area contributed by atoms with Crippen LogP contribution in [0.2, 0.25) is 0 Å². The third-order valence-electron chi connectivity index (χ3n) is 2.52. The lowest BCUT2D eigenvalue weighted by Gasteiger charge is -2.24. The highest BCUT2D eigenvalue weighted by molar-refractivity contribution is 5.85. The van der Waals surface area contributed by atoms with Crippen molar-refractivity contribution in [1.29, 1.82) is 0 Å². The van der Waals surface area contributed by atoms with Crippen LogP contribution in [0.3, 0.4) is 0 Å². The Labute approximate surface area is 102 Å². The highest BCUT2D eigenvalue weighted by Crippen LogP contribution is 2.10. The number of amides is 2. The molecule has 5 nitrogen and oxygen atoms in total. The zero-order chi connectivity index (χ0) is 13.1. The van der Waals surface area contributed by atoms with E-state index in [0.29, 0.717) is 0 Å². The SMILES string of the molecule is C[C@@H](NC(=O)OC(C)(C)C)C(=O)N1CCCC1. The van der Waals surface area contributed by atoms with Crippen molar-refractivity contribution >= 4 is 12.0 Å². The first-order chi connectivity index (χ1) is 7.79. The molecule has 0 bridgehead atoms. The Morgan fingerprint density at radius 3 is 2.24 bits per heavy atom. The number of hydrogen-bond donors (Lipinski definition) is 1. The number of carbonyl (C=O) groups is 2. The molecule has 17 heavy (non-hydrogen) atoms. The third kappa shape index (κ3) is 4.63. The number of ether oxygens (including phenoxy) is 1. The van der Waals surface area contributed by atoms with Gasteiger partial charge in [-0.3, -0.25) is 4.79 Å². The summed E-state index contributed by atoms with van der Waals surface area (Å²) in [5.41, 5.74) is -0.541. The quantitative estimate of drug-likeness (QED) is 0.798. The highest BCUT2D eigenvalue weighted by atomic mass is 16.6. The second-order valence-corrected chi connectivity index (χ2v) is 5.40. The van der Waals surface area contributed by atoms with E-state index in [1.54, 1.807) is 32.6 Å². The molecule has 0 spiro atoms. The van der Waals surface area contributed by atoms with Crippen molar-refractivity contribution in [1.82, 2.24) is 10.2 Å². The largest absolute Gasteiger partial charge is 0.444 e. The molecule has 98 valence electrons. The number of nitrogens with zero attached hydrogens (tertiary/aromatic N) is 1. The van der Waals surface area contributed by atoms with Crippen LogP contribution in [0.4, 0.5) is 4.79 Å². The fourth-order valence-corrected chi connectivity index (χ4v) is 1.76. The van der Waals surface area contributed by atoms with Crippen LogP contribution in [0.5, 0.6) is 0 Å². The first kappa shape index (κ1) is 13.8. The molecule has 1 N–H and O–H groups in total. The summed E-state index contributed by atoms with van der Waals surface area (Å²) < 4.78 is 5.10. The van der Waals surface area contributed by atoms with Crippen molar-refractivity contribution in [3.05, 3.63) is 0 Å². The molecule has 0 aromatic heterocycles. The summed E-state index contributed by atoms with van der Waals surface area (Å²) >= 11 is 0.